The number of hydrogen-bond acceptors (Lipinski definition) is 4. The number of aromatic nitrogens is 1. The molecule has 3 aromatic rings. The third-order valence-corrected chi connectivity index (χ3v) is 5.27. The standard InChI is InChI=1S/C20H15Cl3N4O3/c1-11-7-14(12(2)26(11)18-9-15(21)4-6-16(18)22)10-24-25-20(28)13-3-5-17(23)19(8-13)27(29)30/h3-10H,1-2H3,(H,25,28)/b24-10-. The van der Waals surface area contributed by atoms with Crippen molar-refractivity contribution in [2.75, 3.05) is 0 Å². The lowest BCUT2D eigenvalue weighted by molar-refractivity contribution is -0.384. The number of nitro benzene ring substituents is 1. The van der Waals surface area contributed by atoms with Gasteiger partial charge in [-0.15, -0.1) is 0 Å². The number of hydrogen-bond donors (Lipinski definition) is 1. The molecule has 1 heterocycles. The van der Waals surface area contributed by atoms with E-state index in [4.69, 9.17) is 34.8 Å². The summed E-state index contributed by atoms with van der Waals surface area (Å²) in [5, 5.41) is 16.0. The van der Waals surface area contributed by atoms with Crippen LogP contribution in [0.5, 0.6) is 0 Å². The molecule has 0 aliphatic rings. The van der Waals surface area contributed by atoms with Gasteiger partial charge in [0.05, 0.1) is 21.8 Å². The van der Waals surface area contributed by atoms with E-state index in [2.05, 4.69) is 10.5 Å². The van der Waals surface area contributed by atoms with Gasteiger partial charge in [0.2, 0.25) is 0 Å². The first-order valence-electron chi connectivity index (χ1n) is 8.60. The molecule has 0 spiro atoms. The minimum Gasteiger partial charge on any atom is -0.316 e. The molecule has 7 nitrogen and oxygen atoms in total. The van der Waals surface area contributed by atoms with E-state index >= 15 is 0 Å². The average molecular weight is 466 g/mol. The Kier molecular flexibility index (Phi) is 6.45. The maximum Gasteiger partial charge on any atom is 0.288 e. The summed E-state index contributed by atoms with van der Waals surface area (Å²) >= 11 is 18.2. The molecule has 0 saturated carbocycles. The van der Waals surface area contributed by atoms with Gasteiger partial charge in [0, 0.05) is 33.6 Å². The Balaban J connectivity index is 1.82. The minimum atomic E-state index is -0.655. The third kappa shape index (κ3) is 4.48. The fraction of sp³-hybridized carbons (Fsp3) is 0.100. The second-order valence-electron chi connectivity index (χ2n) is 6.38. The van der Waals surface area contributed by atoms with Crippen LogP contribution < -0.4 is 5.43 Å². The maximum absolute atomic E-state index is 12.3. The van der Waals surface area contributed by atoms with Crippen molar-refractivity contribution in [3.05, 3.63) is 90.2 Å². The van der Waals surface area contributed by atoms with Crippen molar-refractivity contribution in [2.45, 2.75) is 13.8 Å². The van der Waals surface area contributed by atoms with Crippen LogP contribution in [0.15, 0.2) is 47.6 Å². The molecular formula is C20H15Cl3N4O3. The van der Waals surface area contributed by atoms with E-state index in [0.29, 0.717) is 10.0 Å². The molecule has 3 rings (SSSR count). The number of rotatable bonds is 5. The number of aryl methyl sites for hydroxylation is 1. The summed E-state index contributed by atoms with van der Waals surface area (Å²) in [7, 11) is 0. The molecule has 0 unspecified atom stereocenters. The molecule has 1 N–H and O–H groups in total. The molecular weight excluding hydrogens is 451 g/mol. The quantitative estimate of drug-likeness (QED) is 0.296. The van der Waals surface area contributed by atoms with Crippen LogP contribution in [0.3, 0.4) is 0 Å². The molecule has 0 bridgehead atoms. The van der Waals surface area contributed by atoms with E-state index in [0.717, 1.165) is 28.7 Å². The first-order valence-corrected chi connectivity index (χ1v) is 9.74. The number of benzene rings is 2. The summed E-state index contributed by atoms with van der Waals surface area (Å²) in [5.41, 5.74) is 5.31. The molecule has 0 aliphatic carbocycles. The highest BCUT2D eigenvalue weighted by molar-refractivity contribution is 6.34. The summed E-state index contributed by atoms with van der Waals surface area (Å²) in [6.45, 7) is 3.79. The Morgan fingerprint density at radius 3 is 2.50 bits per heavy atom. The Bertz CT molecular complexity index is 1190. The highest BCUT2D eigenvalue weighted by Crippen LogP contribution is 2.28. The van der Waals surface area contributed by atoms with Gasteiger partial charge < -0.3 is 4.57 Å². The van der Waals surface area contributed by atoms with Gasteiger partial charge in [-0.25, -0.2) is 5.43 Å². The fourth-order valence-corrected chi connectivity index (χ4v) is 3.52. The van der Waals surface area contributed by atoms with Crippen molar-refractivity contribution in [1.82, 2.24) is 9.99 Å². The topological polar surface area (TPSA) is 89.5 Å². The van der Waals surface area contributed by atoms with Gasteiger partial charge in [-0.3, -0.25) is 14.9 Å². The van der Waals surface area contributed by atoms with E-state index in [1.807, 2.05) is 24.5 Å². The zero-order chi connectivity index (χ0) is 22.0. The molecule has 0 aliphatic heterocycles. The molecule has 1 aromatic heterocycles. The molecule has 0 atom stereocenters. The van der Waals surface area contributed by atoms with E-state index < -0.39 is 10.8 Å². The highest BCUT2D eigenvalue weighted by Gasteiger charge is 2.16. The van der Waals surface area contributed by atoms with Crippen LogP contribution in [0.1, 0.15) is 27.3 Å². The lowest BCUT2D eigenvalue weighted by atomic mass is 10.2. The monoisotopic (exact) mass is 464 g/mol. The zero-order valence-corrected chi connectivity index (χ0v) is 18.1. The predicted molar refractivity (Wildman–Crippen MR) is 118 cm³/mol. The molecule has 1 amide bonds. The van der Waals surface area contributed by atoms with E-state index in [1.54, 1.807) is 18.2 Å². The van der Waals surface area contributed by atoms with Crippen LogP contribution >= 0.6 is 34.8 Å². The normalized spacial score (nSPS) is 11.1. The van der Waals surface area contributed by atoms with Crippen molar-refractivity contribution in [3.63, 3.8) is 0 Å². The first-order chi connectivity index (χ1) is 14.2. The van der Waals surface area contributed by atoms with Gasteiger partial charge >= 0.3 is 0 Å². The molecule has 2 aromatic carbocycles. The van der Waals surface area contributed by atoms with E-state index in [-0.39, 0.29) is 16.3 Å². The van der Waals surface area contributed by atoms with Crippen LogP contribution in [0.25, 0.3) is 5.69 Å². The number of nitrogens with one attached hydrogen (secondary N) is 1. The van der Waals surface area contributed by atoms with Crippen molar-refractivity contribution in [2.24, 2.45) is 5.10 Å². The van der Waals surface area contributed by atoms with Gasteiger partial charge in [-0.1, -0.05) is 34.8 Å². The Morgan fingerprint density at radius 1 is 1.10 bits per heavy atom. The van der Waals surface area contributed by atoms with Crippen LogP contribution in [0.4, 0.5) is 5.69 Å². The number of nitrogens with zero attached hydrogens (tertiary/aromatic N) is 3. The van der Waals surface area contributed by atoms with Crippen LogP contribution in [-0.2, 0) is 0 Å². The lowest BCUT2D eigenvalue weighted by Crippen LogP contribution is -2.17. The molecule has 0 radical (unpaired) electrons. The second kappa shape index (κ2) is 8.87. The van der Waals surface area contributed by atoms with E-state index in [9.17, 15) is 14.9 Å². The smallest absolute Gasteiger partial charge is 0.288 e. The lowest BCUT2D eigenvalue weighted by Gasteiger charge is -2.12. The van der Waals surface area contributed by atoms with Crippen LogP contribution in [-0.4, -0.2) is 21.6 Å². The average Bonchev–Trinajstić information content (AvgIpc) is 2.97. The zero-order valence-electron chi connectivity index (χ0n) is 15.8. The summed E-state index contributed by atoms with van der Waals surface area (Å²) in [4.78, 5) is 22.6. The minimum absolute atomic E-state index is 0.0489. The van der Waals surface area contributed by atoms with Crippen LogP contribution in [0, 0.1) is 24.0 Å². The first kappa shape index (κ1) is 21.8. The molecule has 154 valence electrons. The SMILES string of the molecule is Cc1cc(/C=N\NC(=O)c2ccc(Cl)c([N+](=O)[O-])c2)c(C)n1-c1cc(Cl)ccc1Cl. The molecule has 30 heavy (non-hydrogen) atoms. The van der Waals surface area contributed by atoms with Gasteiger partial charge in [0.15, 0.2) is 0 Å². The largest absolute Gasteiger partial charge is 0.316 e. The molecule has 10 heteroatoms. The highest BCUT2D eigenvalue weighted by atomic mass is 35.5. The number of hydrazone groups is 1. The predicted octanol–water partition coefficient (Wildman–Crippen LogP) is 5.73. The van der Waals surface area contributed by atoms with Gasteiger partial charge in [-0.2, -0.15) is 5.10 Å². The maximum atomic E-state index is 12.3. The molecule has 0 saturated heterocycles. The Labute approximate surface area is 187 Å². The van der Waals surface area contributed by atoms with E-state index in [1.165, 1.54) is 18.3 Å². The third-order valence-electron chi connectivity index (χ3n) is 4.39. The van der Waals surface area contributed by atoms with Crippen molar-refractivity contribution in [3.8, 4) is 5.69 Å². The number of carbonyl (C=O) groups excluding carboxylic acids is 1. The number of halogens is 3. The van der Waals surface area contributed by atoms with Crippen LogP contribution in [0.2, 0.25) is 15.1 Å². The van der Waals surface area contributed by atoms with Crippen molar-refractivity contribution in [1.29, 1.82) is 0 Å². The van der Waals surface area contributed by atoms with Gasteiger partial charge in [0.25, 0.3) is 11.6 Å². The van der Waals surface area contributed by atoms with Crippen molar-refractivity contribution < 1.29 is 9.72 Å². The number of carbonyl (C=O) groups is 1. The summed E-state index contributed by atoms with van der Waals surface area (Å²) in [5.74, 6) is -0.599. The van der Waals surface area contributed by atoms with Gasteiger partial charge in [0.1, 0.15) is 5.02 Å². The van der Waals surface area contributed by atoms with Gasteiger partial charge in [-0.05, 0) is 50.2 Å². The summed E-state index contributed by atoms with van der Waals surface area (Å²) < 4.78 is 1.93. The molecule has 0 fully saturated rings. The number of nitro groups is 1. The number of amides is 1. The Morgan fingerprint density at radius 2 is 1.80 bits per heavy atom. The summed E-state index contributed by atoms with van der Waals surface area (Å²) in [6.07, 6.45) is 1.49. The Hall–Kier alpha value is -2.87. The second-order valence-corrected chi connectivity index (χ2v) is 7.63. The summed E-state index contributed by atoms with van der Waals surface area (Å²) in [6, 6.07) is 10.8. The van der Waals surface area contributed by atoms with Crippen molar-refractivity contribution >= 4 is 52.6 Å². The fourth-order valence-electron chi connectivity index (χ4n) is 2.97.